The monoisotopic (exact) mass is 261 g/mol. The van der Waals surface area contributed by atoms with Gasteiger partial charge in [0.15, 0.2) is 0 Å². The summed E-state index contributed by atoms with van der Waals surface area (Å²) in [7, 11) is 0. The van der Waals surface area contributed by atoms with Gasteiger partial charge in [0.2, 0.25) is 0 Å². The Labute approximate surface area is 112 Å². The molecule has 0 saturated carbocycles. The highest BCUT2D eigenvalue weighted by Gasteiger charge is 2.38. The fourth-order valence-electron chi connectivity index (χ4n) is 2.58. The Kier molecular flexibility index (Phi) is 3.26. The first-order valence-electron chi connectivity index (χ1n) is 6.65. The molecule has 1 aliphatic rings. The van der Waals surface area contributed by atoms with Crippen LogP contribution in [0.25, 0.3) is 11.0 Å². The molecule has 3 N–H and O–H groups in total. The van der Waals surface area contributed by atoms with E-state index in [9.17, 15) is 5.11 Å². The van der Waals surface area contributed by atoms with E-state index in [4.69, 9.17) is 4.74 Å². The molecular weight excluding hydrogens is 242 g/mol. The van der Waals surface area contributed by atoms with Crippen molar-refractivity contribution in [3.8, 4) is 0 Å². The molecule has 0 bridgehead atoms. The first kappa shape index (κ1) is 12.6. The summed E-state index contributed by atoms with van der Waals surface area (Å²) in [5.41, 5.74) is 1.32. The van der Waals surface area contributed by atoms with Crippen molar-refractivity contribution in [3.05, 3.63) is 30.1 Å². The van der Waals surface area contributed by atoms with Gasteiger partial charge in [-0.05, 0) is 24.6 Å². The van der Waals surface area contributed by atoms with Crippen LogP contribution in [0.1, 0.15) is 18.9 Å². The number of nitrogens with one attached hydrogen (secondary N) is 2. The molecule has 0 aromatic carbocycles. The molecule has 19 heavy (non-hydrogen) atoms. The van der Waals surface area contributed by atoms with Crippen molar-refractivity contribution >= 4 is 11.0 Å². The van der Waals surface area contributed by atoms with E-state index in [0.717, 1.165) is 11.0 Å². The third-order valence-corrected chi connectivity index (χ3v) is 3.94. The van der Waals surface area contributed by atoms with Crippen LogP contribution in [-0.4, -0.2) is 39.9 Å². The minimum Gasteiger partial charge on any atom is -0.386 e. The molecule has 2 aromatic rings. The number of aromatic amines is 1. The van der Waals surface area contributed by atoms with Gasteiger partial charge in [0.05, 0.1) is 6.10 Å². The van der Waals surface area contributed by atoms with Crippen LogP contribution < -0.4 is 5.32 Å². The lowest BCUT2D eigenvalue weighted by atomic mass is 9.96. The first-order chi connectivity index (χ1) is 9.19. The number of hydrogen-bond donors (Lipinski definition) is 3. The molecule has 5 heteroatoms. The highest BCUT2D eigenvalue weighted by molar-refractivity contribution is 5.79. The van der Waals surface area contributed by atoms with E-state index in [2.05, 4.69) is 15.3 Å². The standard InChI is InChI=1S/C14H19N3O2/c1-10-14(18,4-6-19-10)9-15-7-11-8-17-13-12(11)3-2-5-16-13/h2-3,5,8,10,15,18H,4,6-7,9H2,1H3,(H,16,17). The molecule has 0 spiro atoms. The molecule has 1 aliphatic heterocycles. The number of aromatic nitrogens is 2. The van der Waals surface area contributed by atoms with Crippen molar-refractivity contribution in [1.82, 2.24) is 15.3 Å². The van der Waals surface area contributed by atoms with Crippen LogP contribution in [0.2, 0.25) is 0 Å². The molecule has 2 atom stereocenters. The van der Waals surface area contributed by atoms with E-state index in [0.29, 0.717) is 26.1 Å². The number of ether oxygens (including phenoxy) is 1. The van der Waals surface area contributed by atoms with Crippen molar-refractivity contribution in [2.75, 3.05) is 13.2 Å². The zero-order chi connectivity index (χ0) is 13.3. The van der Waals surface area contributed by atoms with Gasteiger partial charge in [-0.15, -0.1) is 0 Å². The lowest BCUT2D eigenvalue weighted by Crippen LogP contribution is -2.45. The van der Waals surface area contributed by atoms with Crippen LogP contribution in [0.15, 0.2) is 24.5 Å². The molecule has 2 aromatic heterocycles. The van der Waals surface area contributed by atoms with Gasteiger partial charge < -0.3 is 20.1 Å². The van der Waals surface area contributed by atoms with E-state index < -0.39 is 5.60 Å². The second kappa shape index (κ2) is 4.92. The fraction of sp³-hybridized carbons (Fsp3) is 0.500. The molecule has 5 nitrogen and oxygen atoms in total. The Morgan fingerprint density at radius 3 is 3.32 bits per heavy atom. The number of hydrogen-bond acceptors (Lipinski definition) is 4. The summed E-state index contributed by atoms with van der Waals surface area (Å²) >= 11 is 0. The lowest BCUT2D eigenvalue weighted by molar-refractivity contribution is -0.0262. The average molecular weight is 261 g/mol. The van der Waals surface area contributed by atoms with E-state index in [1.54, 1.807) is 6.20 Å². The quantitative estimate of drug-likeness (QED) is 0.773. The van der Waals surface area contributed by atoms with Crippen LogP contribution in [0.4, 0.5) is 0 Å². The Hall–Kier alpha value is -1.43. The number of H-pyrrole nitrogens is 1. The lowest BCUT2D eigenvalue weighted by Gasteiger charge is -2.26. The number of aliphatic hydroxyl groups is 1. The van der Waals surface area contributed by atoms with Crippen molar-refractivity contribution in [2.24, 2.45) is 0 Å². The molecular formula is C14H19N3O2. The first-order valence-corrected chi connectivity index (χ1v) is 6.65. The Bertz CT molecular complexity index is 569. The maximum atomic E-state index is 10.4. The van der Waals surface area contributed by atoms with Crippen molar-refractivity contribution < 1.29 is 9.84 Å². The summed E-state index contributed by atoms with van der Waals surface area (Å²) in [5.74, 6) is 0. The maximum absolute atomic E-state index is 10.4. The summed E-state index contributed by atoms with van der Waals surface area (Å²) in [5, 5.41) is 14.8. The summed E-state index contributed by atoms with van der Waals surface area (Å²) < 4.78 is 5.42. The molecule has 1 fully saturated rings. The SMILES string of the molecule is CC1OCCC1(O)CNCc1c[nH]c2ncccc12. The van der Waals surface area contributed by atoms with Gasteiger partial charge >= 0.3 is 0 Å². The average Bonchev–Trinajstić information content (AvgIpc) is 2.96. The van der Waals surface area contributed by atoms with Gasteiger partial charge in [-0.25, -0.2) is 4.98 Å². The van der Waals surface area contributed by atoms with Crippen LogP contribution in [-0.2, 0) is 11.3 Å². The van der Waals surface area contributed by atoms with Crippen molar-refractivity contribution in [1.29, 1.82) is 0 Å². The number of pyridine rings is 1. The molecule has 0 aliphatic carbocycles. The highest BCUT2D eigenvalue weighted by Crippen LogP contribution is 2.25. The van der Waals surface area contributed by atoms with Gasteiger partial charge in [-0.2, -0.15) is 0 Å². The molecule has 3 rings (SSSR count). The van der Waals surface area contributed by atoms with Gasteiger partial charge in [0.25, 0.3) is 0 Å². The van der Waals surface area contributed by atoms with Gasteiger partial charge in [0.1, 0.15) is 11.2 Å². The number of nitrogens with zero attached hydrogens (tertiary/aromatic N) is 1. The molecule has 0 radical (unpaired) electrons. The topological polar surface area (TPSA) is 70.2 Å². The summed E-state index contributed by atoms with van der Waals surface area (Å²) in [4.78, 5) is 7.41. The van der Waals surface area contributed by atoms with E-state index in [1.807, 2.05) is 25.3 Å². The van der Waals surface area contributed by atoms with Crippen molar-refractivity contribution in [2.45, 2.75) is 31.6 Å². The highest BCUT2D eigenvalue weighted by atomic mass is 16.5. The van der Waals surface area contributed by atoms with Gasteiger partial charge in [-0.3, -0.25) is 0 Å². The molecule has 102 valence electrons. The van der Waals surface area contributed by atoms with Crippen LogP contribution in [0.5, 0.6) is 0 Å². The zero-order valence-corrected chi connectivity index (χ0v) is 11.0. The largest absolute Gasteiger partial charge is 0.386 e. The second-order valence-electron chi connectivity index (χ2n) is 5.18. The number of rotatable bonds is 4. The third kappa shape index (κ3) is 2.36. The van der Waals surface area contributed by atoms with Crippen LogP contribution in [0.3, 0.4) is 0 Å². The summed E-state index contributed by atoms with van der Waals surface area (Å²) in [6.07, 6.45) is 4.32. The minimum absolute atomic E-state index is 0.107. The van der Waals surface area contributed by atoms with Gasteiger partial charge in [-0.1, -0.05) is 0 Å². The van der Waals surface area contributed by atoms with Crippen LogP contribution in [0, 0.1) is 0 Å². The predicted octanol–water partition coefficient (Wildman–Crippen LogP) is 1.19. The van der Waals surface area contributed by atoms with Gasteiger partial charge in [0, 0.05) is 43.9 Å². The molecule has 2 unspecified atom stereocenters. The van der Waals surface area contributed by atoms with Crippen LogP contribution >= 0.6 is 0 Å². The van der Waals surface area contributed by atoms with E-state index in [-0.39, 0.29) is 6.10 Å². The summed E-state index contributed by atoms with van der Waals surface area (Å²) in [6, 6.07) is 3.98. The zero-order valence-electron chi connectivity index (χ0n) is 11.0. The Morgan fingerprint density at radius 1 is 1.63 bits per heavy atom. The maximum Gasteiger partial charge on any atom is 0.137 e. The smallest absolute Gasteiger partial charge is 0.137 e. The predicted molar refractivity (Wildman–Crippen MR) is 72.8 cm³/mol. The molecule has 0 amide bonds. The normalized spacial score (nSPS) is 27.2. The summed E-state index contributed by atoms with van der Waals surface area (Å²) in [6.45, 7) is 3.81. The van der Waals surface area contributed by atoms with E-state index >= 15 is 0 Å². The molecule has 1 saturated heterocycles. The second-order valence-corrected chi connectivity index (χ2v) is 5.18. The third-order valence-electron chi connectivity index (χ3n) is 3.94. The number of fused-ring (bicyclic) bond motifs is 1. The van der Waals surface area contributed by atoms with E-state index in [1.165, 1.54) is 5.56 Å². The fourth-order valence-corrected chi connectivity index (χ4v) is 2.58. The molecule has 3 heterocycles. The Morgan fingerprint density at radius 2 is 2.53 bits per heavy atom. The minimum atomic E-state index is -0.746. The van der Waals surface area contributed by atoms with Crippen molar-refractivity contribution in [3.63, 3.8) is 0 Å². The Balaban J connectivity index is 1.64.